The fourth-order valence-electron chi connectivity index (χ4n) is 4.18. The van der Waals surface area contributed by atoms with Gasteiger partial charge in [-0.25, -0.2) is 15.0 Å². The van der Waals surface area contributed by atoms with Gasteiger partial charge in [0.1, 0.15) is 6.54 Å². The van der Waals surface area contributed by atoms with Gasteiger partial charge in [-0.3, -0.25) is 14.9 Å². The summed E-state index contributed by atoms with van der Waals surface area (Å²) in [4.78, 5) is 42.0. The number of carbonyl (C=O) groups is 3. The molecule has 1 atom stereocenters. The molecule has 1 heterocycles. The van der Waals surface area contributed by atoms with Gasteiger partial charge in [-0.2, -0.15) is 10.2 Å². The Hall–Kier alpha value is -4.41. The molecule has 10 nitrogen and oxygen atoms in total. The smallest absolute Gasteiger partial charge is 0.306 e. The number of hydroxylamine groups is 2. The van der Waals surface area contributed by atoms with Crippen molar-refractivity contribution in [1.29, 1.82) is 0 Å². The molecule has 1 aliphatic heterocycles. The molecule has 1 saturated heterocycles. The van der Waals surface area contributed by atoms with Gasteiger partial charge in [0.15, 0.2) is 6.17 Å². The van der Waals surface area contributed by atoms with Gasteiger partial charge in [-0.05, 0) is 55.8 Å². The van der Waals surface area contributed by atoms with Gasteiger partial charge in [0, 0.05) is 16.4 Å². The van der Waals surface area contributed by atoms with Crippen LogP contribution >= 0.6 is 11.6 Å². The zero-order chi connectivity index (χ0) is 27.3. The Morgan fingerprint density at radius 3 is 2.26 bits per heavy atom. The Balaban J connectivity index is 1.55. The van der Waals surface area contributed by atoms with Crippen LogP contribution in [0.3, 0.4) is 0 Å². The van der Waals surface area contributed by atoms with Crippen molar-refractivity contribution in [2.24, 2.45) is 5.10 Å². The van der Waals surface area contributed by atoms with Crippen LogP contribution in [0.25, 0.3) is 0 Å². The Morgan fingerprint density at radius 1 is 1.03 bits per heavy atom. The number of rotatable bonds is 7. The van der Waals surface area contributed by atoms with Gasteiger partial charge in [0.25, 0.3) is 5.91 Å². The second kappa shape index (κ2) is 11.3. The predicted octanol–water partition coefficient (Wildman–Crippen LogP) is 4.76. The van der Waals surface area contributed by atoms with E-state index in [1.807, 2.05) is 0 Å². The van der Waals surface area contributed by atoms with E-state index in [0.29, 0.717) is 21.5 Å². The molecule has 0 radical (unpaired) electrons. The highest BCUT2D eigenvalue weighted by atomic mass is 35.5. The van der Waals surface area contributed by atoms with Crippen molar-refractivity contribution in [2.45, 2.75) is 25.6 Å². The highest BCUT2D eigenvalue weighted by molar-refractivity contribution is 6.30. The van der Waals surface area contributed by atoms with Crippen LogP contribution < -0.4 is 15.6 Å². The summed E-state index contributed by atoms with van der Waals surface area (Å²) in [5.74, 6) is -0.552. The number of hydrogen-bond donors (Lipinski definition) is 3. The van der Waals surface area contributed by atoms with Gasteiger partial charge in [0.2, 0.25) is 0 Å². The largest absolute Gasteiger partial charge is 0.347 e. The second-order valence-electron chi connectivity index (χ2n) is 9.09. The maximum atomic E-state index is 13.6. The van der Waals surface area contributed by atoms with Crippen LogP contribution in [0.2, 0.25) is 5.02 Å². The van der Waals surface area contributed by atoms with Gasteiger partial charge in [0.05, 0.1) is 11.8 Å². The van der Waals surface area contributed by atoms with E-state index in [2.05, 4.69) is 15.8 Å². The van der Waals surface area contributed by atoms with E-state index in [1.165, 1.54) is 16.0 Å². The molecule has 0 aromatic heterocycles. The number of anilines is 2. The lowest BCUT2D eigenvalue weighted by Gasteiger charge is -2.38. The molecule has 0 aliphatic carbocycles. The second-order valence-corrected chi connectivity index (χ2v) is 9.52. The summed E-state index contributed by atoms with van der Waals surface area (Å²) >= 11 is 5.88. The minimum absolute atomic E-state index is 0.363. The van der Waals surface area contributed by atoms with Crippen LogP contribution in [0.1, 0.15) is 19.4 Å². The molecule has 5 amide bonds. The number of hydrazone groups is 1. The number of carbonyl (C=O) groups excluding carboxylic acids is 3. The number of urea groups is 2. The van der Waals surface area contributed by atoms with Crippen molar-refractivity contribution in [3.05, 3.63) is 95.5 Å². The minimum atomic E-state index is -1.19. The van der Waals surface area contributed by atoms with Crippen LogP contribution in [0.4, 0.5) is 21.0 Å². The summed E-state index contributed by atoms with van der Waals surface area (Å²) < 4.78 is 0. The first kappa shape index (κ1) is 26.6. The van der Waals surface area contributed by atoms with E-state index in [0.717, 1.165) is 5.56 Å². The van der Waals surface area contributed by atoms with E-state index < -0.39 is 29.7 Å². The lowest BCUT2D eigenvalue weighted by molar-refractivity contribution is -0.124. The maximum absolute atomic E-state index is 13.6. The van der Waals surface area contributed by atoms with Crippen LogP contribution in [0, 0.1) is 0 Å². The SMILES string of the molecule is CC1(C)C(N(O)C(=O)Nc2ccccc2)N(c2ccccc2)C(=O)N1CC(=O)NN=Cc1ccc(Cl)cc1. The average Bonchev–Trinajstić information content (AvgIpc) is 3.10. The first-order chi connectivity index (χ1) is 18.2. The van der Waals surface area contributed by atoms with Crippen LogP contribution in [0.5, 0.6) is 0 Å². The lowest BCUT2D eigenvalue weighted by atomic mass is 9.99. The number of para-hydroxylation sites is 2. The number of hydrogen-bond acceptors (Lipinski definition) is 5. The molecule has 11 heteroatoms. The molecule has 0 bridgehead atoms. The topological polar surface area (TPSA) is 118 Å². The number of nitrogens with one attached hydrogen (secondary N) is 2. The van der Waals surface area contributed by atoms with Crippen molar-refractivity contribution in [1.82, 2.24) is 15.4 Å². The summed E-state index contributed by atoms with van der Waals surface area (Å²) in [6.07, 6.45) is 0.291. The van der Waals surface area contributed by atoms with E-state index in [4.69, 9.17) is 11.6 Å². The van der Waals surface area contributed by atoms with Crippen LogP contribution in [-0.2, 0) is 4.79 Å². The molecule has 0 spiro atoms. The Morgan fingerprint density at radius 2 is 1.63 bits per heavy atom. The van der Waals surface area contributed by atoms with E-state index in [-0.39, 0.29) is 6.54 Å². The molecular formula is C27H27ClN6O4. The van der Waals surface area contributed by atoms with Gasteiger partial charge < -0.3 is 10.2 Å². The van der Waals surface area contributed by atoms with E-state index >= 15 is 0 Å². The molecule has 38 heavy (non-hydrogen) atoms. The monoisotopic (exact) mass is 534 g/mol. The third kappa shape index (κ3) is 5.77. The third-order valence-electron chi connectivity index (χ3n) is 6.08. The van der Waals surface area contributed by atoms with Crippen molar-refractivity contribution in [2.75, 3.05) is 16.8 Å². The average molecular weight is 535 g/mol. The van der Waals surface area contributed by atoms with Gasteiger partial charge >= 0.3 is 12.1 Å². The zero-order valence-electron chi connectivity index (χ0n) is 20.8. The Labute approximate surface area is 225 Å². The molecule has 196 valence electrons. The Bertz CT molecular complexity index is 1320. The van der Waals surface area contributed by atoms with Gasteiger partial charge in [-0.1, -0.05) is 60.1 Å². The normalized spacial score (nSPS) is 16.5. The molecule has 1 fully saturated rings. The molecule has 3 aromatic rings. The van der Waals surface area contributed by atoms with E-state index in [9.17, 15) is 19.6 Å². The predicted molar refractivity (Wildman–Crippen MR) is 145 cm³/mol. The molecular weight excluding hydrogens is 508 g/mol. The fourth-order valence-corrected chi connectivity index (χ4v) is 4.30. The highest BCUT2D eigenvalue weighted by Gasteiger charge is 2.56. The summed E-state index contributed by atoms with van der Waals surface area (Å²) in [6.45, 7) is 2.97. The summed E-state index contributed by atoms with van der Waals surface area (Å²) in [6, 6.07) is 22.7. The van der Waals surface area contributed by atoms with Crippen LogP contribution in [0.15, 0.2) is 90.0 Å². The van der Waals surface area contributed by atoms with Crippen molar-refractivity contribution >= 4 is 47.2 Å². The van der Waals surface area contributed by atoms with Crippen molar-refractivity contribution in [3.63, 3.8) is 0 Å². The van der Waals surface area contributed by atoms with Crippen molar-refractivity contribution in [3.8, 4) is 0 Å². The lowest BCUT2D eigenvalue weighted by Crippen LogP contribution is -2.58. The first-order valence-corrected chi connectivity index (χ1v) is 12.1. The van der Waals surface area contributed by atoms with Gasteiger partial charge in [-0.15, -0.1) is 0 Å². The fraction of sp³-hybridized carbons (Fsp3) is 0.185. The summed E-state index contributed by atoms with van der Waals surface area (Å²) in [5, 5.41) is 18.7. The molecule has 0 saturated carbocycles. The molecule has 3 N–H and O–H groups in total. The summed E-state index contributed by atoms with van der Waals surface area (Å²) in [7, 11) is 0. The molecule has 3 aromatic carbocycles. The van der Waals surface area contributed by atoms with Crippen molar-refractivity contribution < 1.29 is 19.6 Å². The molecule has 1 unspecified atom stereocenters. The number of nitrogens with zero attached hydrogens (tertiary/aromatic N) is 4. The Kier molecular flexibility index (Phi) is 7.94. The standard InChI is InChI=1S/C27H27ClN6O4/c1-27(2)24(34(38)25(36)30-21-9-5-3-6-10-21)33(22-11-7-4-8-12-22)26(37)32(27)18-23(35)31-29-17-19-13-15-20(28)16-14-19/h3-17,24,38H,18H2,1-2H3,(H,30,36)(H,31,35). The zero-order valence-corrected chi connectivity index (χ0v) is 21.5. The highest BCUT2D eigenvalue weighted by Crippen LogP contribution is 2.37. The molecule has 4 rings (SSSR count). The number of benzene rings is 3. The third-order valence-corrected chi connectivity index (χ3v) is 6.33. The maximum Gasteiger partial charge on any atom is 0.347 e. The van der Waals surface area contributed by atoms with Crippen LogP contribution in [-0.4, -0.2) is 57.6 Å². The number of amides is 5. The quantitative estimate of drug-likeness (QED) is 0.230. The summed E-state index contributed by atoms with van der Waals surface area (Å²) in [5.41, 5.74) is 2.87. The minimum Gasteiger partial charge on any atom is -0.306 e. The number of halogens is 1. The van der Waals surface area contributed by atoms with E-state index in [1.54, 1.807) is 98.8 Å². The molecule has 1 aliphatic rings. The first-order valence-electron chi connectivity index (χ1n) is 11.8.